The largest absolute Gasteiger partial charge is 0.333 e. The van der Waals surface area contributed by atoms with Gasteiger partial charge in [-0.3, -0.25) is 19.3 Å². The van der Waals surface area contributed by atoms with E-state index < -0.39 is 11.7 Å². The van der Waals surface area contributed by atoms with E-state index in [2.05, 4.69) is 5.32 Å². The van der Waals surface area contributed by atoms with E-state index in [1.54, 1.807) is 41.3 Å². The number of nitrogens with zero attached hydrogens (tertiary/aromatic N) is 2. The molecule has 0 aromatic heterocycles. The third-order valence-corrected chi connectivity index (χ3v) is 5.01. The number of carbonyl (C=O) groups is 3. The first kappa shape index (κ1) is 20.0. The smallest absolute Gasteiger partial charge is 0.295 e. The first-order valence-corrected chi connectivity index (χ1v) is 9.49. The van der Waals surface area contributed by atoms with Crippen molar-refractivity contribution in [3.05, 3.63) is 64.7 Å². The highest BCUT2D eigenvalue weighted by Crippen LogP contribution is 2.20. The Morgan fingerprint density at radius 3 is 2.25 bits per heavy atom. The molecule has 2 aromatic carbocycles. The van der Waals surface area contributed by atoms with Crippen LogP contribution >= 0.6 is 11.6 Å². The quantitative estimate of drug-likeness (QED) is 0.619. The van der Waals surface area contributed by atoms with Crippen molar-refractivity contribution in [2.45, 2.75) is 6.92 Å². The molecule has 0 bridgehead atoms. The molecule has 1 saturated heterocycles. The Morgan fingerprint density at radius 1 is 0.964 bits per heavy atom. The minimum Gasteiger partial charge on any atom is -0.333 e. The predicted molar refractivity (Wildman–Crippen MR) is 109 cm³/mol. The zero-order chi connectivity index (χ0) is 20.1. The predicted octanol–water partition coefficient (Wildman–Crippen LogP) is 2.61. The van der Waals surface area contributed by atoms with Crippen molar-refractivity contribution in [3.8, 4) is 0 Å². The monoisotopic (exact) mass is 399 g/mol. The van der Waals surface area contributed by atoms with Gasteiger partial charge in [-0.15, -0.1) is 0 Å². The number of piperazine rings is 1. The summed E-state index contributed by atoms with van der Waals surface area (Å²) in [5.41, 5.74) is 2.01. The van der Waals surface area contributed by atoms with Crippen LogP contribution in [-0.4, -0.2) is 60.1 Å². The normalized spacial score (nSPS) is 14.6. The van der Waals surface area contributed by atoms with Gasteiger partial charge in [0.1, 0.15) is 0 Å². The van der Waals surface area contributed by atoms with Gasteiger partial charge in [0.2, 0.25) is 11.7 Å². The van der Waals surface area contributed by atoms with Gasteiger partial charge in [-0.25, -0.2) is 0 Å². The van der Waals surface area contributed by atoms with Gasteiger partial charge in [0.05, 0.1) is 17.3 Å². The van der Waals surface area contributed by atoms with Crippen LogP contribution in [0.2, 0.25) is 5.02 Å². The minimum absolute atomic E-state index is 0.163. The van der Waals surface area contributed by atoms with E-state index in [1.165, 1.54) is 0 Å². The molecule has 1 aliphatic rings. The first-order chi connectivity index (χ1) is 13.4. The van der Waals surface area contributed by atoms with Gasteiger partial charge in [0, 0.05) is 31.7 Å². The number of ketones is 1. The second-order valence-corrected chi connectivity index (χ2v) is 7.20. The van der Waals surface area contributed by atoms with Gasteiger partial charge in [-0.2, -0.15) is 0 Å². The summed E-state index contributed by atoms with van der Waals surface area (Å²) in [5, 5.41) is 3.28. The molecule has 0 spiro atoms. The Bertz CT molecular complexity index is 875. The standard InChI is InChI=1S/C21H22ClN3O3/c1-15-6-8-16(9-7-15)20(27)21(28)25-12-10-24(11-13-25)14-19(26)23-18-5-3-2-4-17(18)22/h2-9H,10-14H2,1H3,(H,23,26). The van der Waals surface area contributed by atoms with E-state index in [0.29, 0.717) is 42.5 Å². The zero-order valence-electron chi connectivity index (χ0n) is 15.7. The molecule has 1 aliphatic heterocycles. The molecular formula is C21H22ClN3O3. The van der Waals surface area contributed by atoms with Crippen LogP contribution in [0.3, 0.4) is 0 Å². The van der Waals surface area contributed by atoms with Crippen molar-refractivity contribution in [3.63, 3.8) is 0 Å². The minimum atomic E-state index is -0.496. The van der Waals surface area contributed by atoms with Gasteiger partial charge < -0.3 is 10.2 Å². The van der Waals surface area contributed by atoms with Crippen molar-refractivity contribution in [1.82, 2.24) is 9.80 Å². The molecule has 0 unspecified atom stereocenters. The fraction of sp³-hybridized carbons (Fsp3) is 0.286. The Morgan fingerprint density at radius 2 is 1.61 bits per heavy atom. The molecular weight excluding hydrogens is 378 g/mol. The van der Waals surface area contributed by atoms with Crippen LogP contribution in [-0.2, 0) is 9.59 Å². The highest BCUT2D eigenvalue weighted by atomic mass is 35.5. The van der Waals surface area contributed by atoms with Gasteiger partial charge in [0.15, 0.2) is 0 Å². The van der Waals surface area contributed by atoms with E-state index in [1.807, 2.05) is 24.0 Å². The summed E-state index contributed by atoms with van der Waals surface area (Å²) >= 11 is 6.05. The molecule has 1 heterocycles. The fourth-order valence-corrected chi connectivity index (χ4v) is 3.22. The van der Waals surface area contributed by atoms with Crippen LogP contribution < -0.4 is 5.32 Å². The molecule has 6 nitrogen and oxygen atoms in total. The van der Waals surface area contributed by atoms with Gasteiger partial charge in [-0.05, 0) is 19.1 Å². The zero-order valence-corrected chi connectivity index (χ0v) is 16.4. The lowest BCUT2D eigenvalue weighted by Crippen LogP contribution is -2.52. The SMILES string of the molecule is Cc1ccc(C(=O)C(=O)N2CCN(CC(=O)Nc3ccccc3Cl)CC2)cc1. The molecule has 1 fully saturated rings. The second-order valence-electron chi connectivity index (χ2n) is 6.79. The highest BCUT2D eigenvalue weighted by Gasteiger charge is 2.27. The Balaban J connectivity index is 1.49. The number of aryl methyl sites for hydroxylation is 1. The van der Waals surface area contributed by atoms with E-state index in [4.69, 9.17) is 11.6 Å². The lowest BCUT2D eigenvalue weighted by atomic mass is 10.1. The van der Waals surface area contributed by atoms with Gasteiger partial charge in [0.25, 0.3) is 5.91 Å². The Kier molecular flexibility index (Phi) is 6.44. The molecule has 3 rings (SSSR count). The molecule has 2 amide bonds. The van der Waals surface area contributed by atoms with Crippen molar-refractivity contribution in [2.24, 2.45) is 0 Å². The first-order valence-electron chi connectivity index (χ1n) is 9.11. The molecule has 28 heavy (non-hydrogen) atoms. The summed E-state index contributed by atoms with van der Waals surface area (Å²) in [6.07, 6.45) is 0. The number of rotatable bonds is 5. The Labute approximate surface area is 169 Å². The molecule has 0 atom stereocenters. The molecule has 0 saturated carbocycles. The summed E-state index contributed by atoms with van der Waals surface area (Å²) < 4.78 is 0. The number of halogens is 1. The number of anilines is 1. The number of hydrogen-bond donors (Lipinski definition) is 1. The van der Waals surface area contributed by atoms with Crippen molar-refractivity contribution in [2.75, 3.05) is 38.0 Å². The molecule has 7 heteroatoms. The number of para-hydroxylation sites is 1. The topological polar surface area (TPSA) is 69.7 Å². The Hall–Kier alpha value is -2.70. The lowest BCUT2D eigenvalue weighted by molar-refractivity contribution is -0.128. The van der Waals surface area contributed by atoms with Crippen LogP contribution in [0.5, 0.6) is 0 Å². The van der Waals surface area contributed by atoms with Crippen LogP contribution in [0, 0.1) is 6.92 Å². The molecule has 1 N–H and O–H groups in total. The second kappa shape index (κ2) is 8.99. The van der Waals surface area contributed by atoms with E-state index in [-0.39, 0.29) is 12.5 Å². The van der Waals surface area contributed by atoms with Crippen LogP contribution in [0.15, 0.2) is 48.5 Å². The van der Waals surface area contributed by atoms with E-state index in [9.17, 15) is 14.4 Å². The summed E-state index contributed by atoms with van der Waals surface area (Å²) in [6, 6.07) is 14.0. The average Bonchev–Trinajstić information content (AvgIpc) is 2.70. The summed E-state index contributed by atoms with van der Waals surface area (Å²) in [7, 11) is 0. The van der Waals surface area contributed by atoms with Crippen molar-refractivity contribution < 1.29 is 14.4 Å². The van der Waals surface area contributed by atoms with E-state index in [0.717, 1.165) is 5.56 Å². The third-order valence-electron chi connectivity index (χ3n) is 4.68. The number of carbonyl (C=O) groups excluding carboxylic acids is 3. The van der Waals surface area contributed by atoms with Gasteiger partial charge >= 0.3 is 0 Å². The fourth-order valence-electron chi connectivity index (χ4n) is 3.04. The summed E-state index contributed by atoms with van der Waals surface area (Å²) in [4.78, 5) is 40.5. The van der Waals surface area contributed by atoms with Gasteiger partial charge in [-0.1, -0.05) is 53.6 Å². The average molecular weight is 400 g/mol. The third kappa shape index (κ3) is 4.97. The van der Waals surface area contributed by atoms with Crippen molar-refractivity contribution >= 4 is 34.9 Å². The van der Waals surface area contributed by atoms with Crippen LogP contribution in [0.25, 0.3) is 0 Å². The van der Waals surface area contributed by atoms with E-state index >= 15 is 0 Å². The van der Waals surface area contributed by atoms with Crippen molar-refractivity contribution in [1.29, 1.82) is 0 Å². The summed E-state index contributed by atoms with van der Waals surface area (Å²) in [6.45, 7) is 4.02. The maximum absolute atomic E-state index is 12.5. The number of benzene rings is 2. The molecule has 0 radical (unpaired) electrons. The lowest BCUT2D eigenvalue weighted by Gasteiger charge is -2.33. The maximum atomic E-state index is 12.5. The maximum Gasteiger partial charge on any atom is 0.295 e. The summed E-state index contributed by atoms with van der Waals surface area (Å²) in [5.74, 6) is -1.16. The number of amides is 2. The number of hydrogen-bond acceptors (Lipinski definition) is 4. The molecule has 2 aromatic rings. The molecule has 146 valence electrons. The highest BCUT2D eigenvalue weighted by molar-refractivity contribution is 6.42. The van der Waals surface area contributed by atoms with Crippen LogP contribution in [0.4, 0.5) is 5.69 Å². The molecule has 0 aliphatic carbocycles. The number of nitrogens with one attached hydrogen (secondary N) is 1. The van der Waals surface area contributed by atoms with Crippen LogP contribution in [0.1, 0.15) is 15.9 Å². The number of Topliss-reactive ketones (excluding diaryl/α,β-unsaturated/α-hetero) is 1.